The molecule has 0 aromatic carbocycles. The van der Waals surface area contributed by atoms with E-state index in [0.717, 1.165) is 13.1 Å². The highest BCUT2D eigenvalue weighted by Gasteiger charge is 2.06. The molecule has 0 spiro atoms. The van der Waals surface area contributed by atoms with E-state index in [9.17, 15) is 0 Å². The molecule has 0 atom stereocenters. The van der Waals surface area contributed by atoms with Crippen LogP contribution in [0.15, 0.2) is 10.3 Å². The van der Waals surface area contributed by atoms with Crippen LogP contribution in [0.4, 0.5) is 0 Å². The Morgan fingerprint density at radius 3 is 1.67 bits per heavy atom. The molecule has 3 nitrogen and oxygen atoms in total. The minimum absolute atomic E-state index is 0.647. The first-order valence-electron chi connectivity index (χ1n) is 4.61. The third kappa shape index (κ3) is 6.13. The average Bonchev–Trinajstić information content (AvgIpc) is 1.84. The van der Waals surface area contributed by atoms with Crippen LogP contribution in [-0.2, 0) is 0 Å². The summed E-state index contributed by atoms with van der Waals surface area (Å²) in [6, 6.07) is 0. The van der Waals surface area contributed by atoms with Gasteiger partial charge in [0.15, 0.2) is 0 Å². The fourth-order valence-corrected chi connectivity index (χ4v) is 1.12. The molecule has 0 aromatic rings. The maximum Gasteiger partial charge on any atom is 0.0509 e. The Labute approximate surface area is 75.8 Å². The predicted molar refractivity (Wildman–Crippen MR) is 52.0 cm³/mol. The van der Waals surface area contributed by atoms with Gasteiger partial charge < -0.3 is 0 Å². The molecule has 0 saturated heterocycles. The Morgan fingerprint density at radius 1 is 1.00 bits per heavy atom. The van der Waals surface area contributed by atoms with E-state index in [-0.39, 0.29) is 0 Å². The van der Waals surface area contributed by atoms with Gasteiger partial charge in [-0.3, -0.25) is 5.01 Å². The quantitative estimate of drug-likeness (QED) is 0.461. The van der Waals surface area contributed by atoms with Crippen LogP contribution in [0.1, 0.15) is 27.7 Å². The van der Waals surface area contributed by atoms with E-state index in [4.69, 9.17) is 0 Å². The molecule has 0 amide bonds. The van der Waals surface area contributed by atoms with Gasteiger partial charge in [0.2, 0.25) is 0 Å². The average molecular weight is 171 g/mol. The molecule has 0 unspecified atom stereocenters. The second kappa shape index (κ2) is 5.98. The van der Waals surface area contributed by atoms with Crippen molar-refractivity contribution in [2.75, 3.05) is 20.1 Å². The molecule has 0 bridgehead atoms. The molecular formula is C9H21N3. The molecule has 0 fully saturated rings. The Balaban J connectivity index is 3.86. The van der Waals surface area contributed by atoms with Crippen molar-refractivity contribution in [2.45, 2.75) is 27.7 Å². The Morgan fingerprint density at radius 2 is 1.42 bits per heavy atom. The first-order chi connectivity index (χ1) is 5.56. The van der Waals surface area contributed by atoms with Crippen molar-refractivity contribution in [1.29, 1.82) is 0 Å². The molecule has 3 heteroatoms. The highest BCUT2D eigenvalue weighted by Crippen LogP contribution is 2.03. The number of nitrogens with zero attached hydrogens (tertiary/aromatic N) is 3. The van der Waals surface area contributed by atoms with Crippen LogP contribution < -0.4 is 0 Å². The summed E-state index contributed by atoms with van der Waals surface area (Å²) in [4.78, 5) is 0. The molecule has 0 heterocycles. The number of rotatable bonds is 5. The second-order valence-electron chi connectivity index (χ2n) is 3.95. The lowest BCUT2D eigenvalue weighted by Gasteiger charge is -2.21. The third-order valence-corrected chi connectivity index (χ3v) is 1.37. The Hall–Kier alpha value is -0.600. The highest BCUT2D eigenvalue weighted by atomic mass is 15.5. The van der Waals surface area contributed by atoms with Gasteiger partial charge in [-0.2, -0.15) is 5.11 Å². The number of hydrogen-bond donors (Lipinski definition) is 0. The lowest BCUT2D eigenvalue weighted by Crippen LogP contribution is -2.26. The largest absolute Gasteiger partial charge is 0.278 e. The van der Waals surface area contributed by atoms with Gasteiger partial charge in [-0.05, 0) is 11.8 Å². The van der Waals surface area contributed by atoms with Gasteiger partial charge in [0.05, 0.1) is 7.05 Å². The van der Waals surface area contributed by atoms with Gasteiger partial charge >= 0.3 is 0 Å². The van der Waals surface area contributed by atoms with Crippen molar-refractivity contribution in [3.63, 3.8) is 0 Å². The highest BCUT2D eigenvalue weighted by molar-refractivity contribution is 4.56. The van der Waals surface area contributed by atoms with Crippen molar-refractivity contribution < 1.29 is 0 Å². The van der Waals surface area contributed by atoms with Crippen LogP contribution in [0, 0.1) is 11.8 Å². The maximum absolute atomic E-state index is 4.06. The molecule has 0 aliphatic rings. The van der Waals surface area contributed by atoms with E-state index >= 15 is 0 Å². The van der Waals surface area contributed by atoms with E-state index in [0.29, 0.717) is 11.8 Å². The van der Waals surface area contributed by atoms with Crippen molar-refractivity contribution in [2.24, 2.45) is 22.2 Å². The lowest BCUT2D eigenvalue weighted by atomic mass is 10.2. The summed E-state index contributed by atoms with van der Waals surface area (Å²) in [6.45, 7) is 10.8. The monoisotopic (exact) mass is 171 g/mol. The molecule has 0 rings (SSSR count). The van der Waals surface area contributed by atoms with Gasteiger partial charge in [0.1, 0.15) is 0 Å². The zero-order valence-corrected chi connectivity index (χ0v) is 8.91. The summed E-state index contributed by atoms with van der Waals surface area (Å²) in [6.07, 6.45) is 0. The molecule has 0 aliphatic heterocycles. The molecule has 0 radical (unpaired) electrons. The van der Waals surface area contributed by atoms with Crippen molar-refractivity contribution in [3.8, 4) is 0 Å². The molecular weight excluding hydrogens is 150 g/mol. The molecule has 0 aromatic heterocycles. The number of hydrogen-bond acceptors (Lipinski definition) is 2. The lowest BCUT2D eigenvalue weighted by molar-refractivity contribution is 0.213. The van der Waals surface area contributed by atoms with Crippen LogP contribution in [0.25, 0.3) is 0 Å². The van der Waals surface area contributed by atoms with Crippen molar-refractivity contribution in [1.82, 2.24) is 5.01 Å². The molecule has 72 valence electrons. The van der Waals surface area contributed by atoms with Gasteiger partial charge in [0, 0.05) is 13.1 Å². The molecule has 0 saturated carbocycles. The van der Waals surface area contributed by atoms with Crippen LogP contribution in [0.3, 0.4) is 0 Å². The predicted octanol–water partition coefficient (Wildman–Crippen LogP) is 2.60. The third-order valence-electron chi connectivity index (χ3n) is 1.37. The summed E-state index contributed by atoms with van der Waals surface area (Å²) in [5.74, 6) is 1.29. The smallest absolute Gasteiger partial charge is 0.0509 e. The summed E-state index contributed by atoms with van der Waals surface area (Å²) in [7, 11) is 1.72. The zero-order valence-electron chi connectivity index (χ0n) is 8.91. The maximum atomic E-state index is 4.06. The van der Waals surface area contributed by atoms with Crippen LogP contribution in [-0.4, -0.2) is 25.1 Å². The summed E-state index contributed by atoms with van der Waals surface area (Å²) < 4.78 is 0. The van der Waals surface area contributed by atoms with Gasteiger partial charge in [-0.25, -0.2) is 0 Å². The minimum atomic E-state index is 0.647. The first kappa shape index (κ1) is 11.4. The van der Waals surface area contributed by atoms with Gasteiger partial charge in [0.25, 0.3) is 0 Å². The Kier molecular flexibility index (Phi) is 5.68. The summed E-state index contributed by atoms with van der Waals surface area (Å²) >= 11 is 0. The minimum Gasteiger partial charge on any atom is -0.278 e. The van der Waals surface area contributed by atoms with Crippen LogP contribution in [0.2, 0.25) is 0 Å². The molecule has 0 N–H and O–H groups in total. The van der Waals surface area contributed by atoms with Crippen molar-refractivity contribution >= 4 is 0 Å². The zero-order chi connectivity index (χ0) is 9.56. The van der Waals surface area contributed by atoms with Crippen LogP contribution in [0.5, 0.6) is 0 Å². The van der Waals surface area contributed by atoms with Crippen molar-refractivity contribution in [3.05, 3.63) is 0 Å². The first-order valence-corrected chi connectivity index (χ1v) is 4.61. The van der Waals surface area contributed by atoms with E-state index in [1.165, 1.54) is 0 Å². The second-order valence-corrected chi connectivity index (χ2v) is 3.95. The Bertz CT molecular complexity index is 120. The molecule has 0 aliphatic carbocycles. The summed E-state index contributed by atoms with van der Waals surface area (Å²) in [5, 5.41) is 9.89. The standard InChI is InChI=1S/C9H21N3/c1-8(2)6-12(11-10-5)7-9(3)4/h8-9H,6-7H2,1-5H3. The van der Waals surface area contributed by atoms with Crippen LogP contribution >= 0.6 is 0 Å². The SMILES string of the molecule is CN=NN(CC(C)C)CC(C)C. The fourth-order valence-electron chi connectivity index (χ4n) is 1.12. The normalized spacial score (nSPS) is 11.9. The van der Waals surface area contributed by atoms with E-state index in [2.05, 4.69) is 38.0 Å². The fraction of sp³-hybridized carbons (Fsp3) is 1.00. The van der Waals surface area contributed by atoms with E-state index in [1.807, 2.05) is 5.01 Å². The van der Waals surface area contributed by atoms with E-state index in [1.54, 1.807) is 7.05 Å². The molecule has 12 heavy (non-hydrogen) atoms. The van der Waals surface area contributed by atoms with Gasteiger partial charge in [-0.15, -0.1) is 0 Å². The van der Waals surface area contributed by atoms with E-state index < -0.39 is 0 Å². The summed E-state index contributed by atoms with van der Waals surface area (Å²) in [5.41, 5.74) is 0. The topological polar surface area (TPSA) is 28.0 Å². The van der Waals surface area contributed by atoms with Gasteiger partial charge in [-0.1, -0.05) is 32.9 Å².